The van der Waals surface area contributed by atoms with Crippen LogP contribution < -0.4 is 10.9 Å². The number of aromatic nitrogens is 5. The Morgan fingerprint density at radius 1 is 1.17 bits per heavy atom. The third kappa shape index (κ3) is 2.47. The van der Waals surface area contributed by atoms with Crippen LogP contribution in [-0.2, 0) is 5.54 Å². The Labute approximate surface area is 167 Å². The number of fused-ring (bicyclic) bond motifs is 1. The summed E-state index contributed by atoms with van der Waals surface area (Å²) in [5.41, 5.74) is -0.0718. The number of pyridine rings is 1. The van der Waals surface area contributed by atoms with E-state index in [1.165, 1.54) is 17.0 Å². The van der Waals surface area contributed by atoms with Gasteiger partial charge in [0, 0.05) is 17.9 Å². The van der Waals surface area contributed by atoms with Crippen molar-refractivity contribution >= 4 is 11.6 Å². The van der Waals surface area contributed by atoms with E-state index in [1.807, 2.05) is 17.1 Å². The fourth-order valence-corrected chi connectivity index (χ4v) is 6.57. The van der Waals surface area contributed by atoms with E-state index in [4.69, 9.17) is 0 Å². The summed E-state index contributed by atoms with van der Waals surface area (Å²) in [7, 11) is 0. The molecule has 0 radical (unpaired) electrons. The maximum atomic E-state index is 13.2. The molecule has 0 aromatic carbocycles. The van der Waals surface area contributed by atoms with E-state index < -0.39 is 0 Å². The summed E-state index contributed by atoms with van der Waals surface area (Å²) >= 11 is 0. The van der Waals surface area contributed by atoms with Gasteiger partial charge in [0.05, 0.1) is 5.54 Å². The summed E-state index contributed by atoms with van der Waals surface area (Å²) in [5, 5.41) is 7.73. The van der Waals surface area contributed by atoms with Crippen molar-refractivity contribution in [3.8, 4) is 0 Å². The summed E-state index contributed by atoms with van der Waals surface area (Å²) in [6.07, 6.45) is 12.6. The van der Waals surface area contributed by atoms with Crippen LogP contribution in [0.1, 0.15) is 48.9 Å². The molecule has 4 fully saturated rings. The summed E-state index contributed by atoms with van der Waals surface area (Å²) in [6.45, 7) is 0. The zero-order valence-electron chi connectivity index (χ0n) is 16.0. The molecule has 2 unspecified atom stereocenters. The highest BCUT2D eigenvalue weighted by molar-refractivity contribution is 5.94. The van der Waals surface area contributed by atoms with E-state index in [0.29, 0.717) is 17.5 Å². The lowest BCUT2D eigenvalue weighted by atomic mass is 9.50. The predicted octanol–water partition coefficient (Wildman–Crippen LogP) is 1.76. The number of carbonyl (C=O) groups excluding carboxylic acids is 1. The van der Waals surface area contributed by atoms with Crippen molar-refractivity contribution in [2.75, 3.05) is 0 Å². The average Bonchev–Trinajstić information content (AvgIpc) is 3.23. The van der Waals surface area contributed by atoms with Crippen LogP contribution in [0.25, 0.3) is 5.65 Å². The molecule has 3 heterocycles. The molecule has 29 heavy (non-hydrogen) atoms. The number of amides is 1. The van der Waals surface area contributed by atoms with Crippen molar-refractivity contribution in [2.24, 2.45) is 11.8 Å². The number of hydrogen-bond donors (Lipinski definition) is 1. The molecule has 0 aliphatic heterocycles. The maximum Gasteiger partial charge on any atom is 0.270 e. The summed E-state index contributed by atoms with van der Waals surface area (Å²) < 4.78 is 3.43. The first-order chi connectivity index (χ1) is 14.1. The smallest absolute Gasteiger partial charge is 0.270 e. The zero-order chi connectivity index (χ0) is 19.6. The Morgan fingerprint density at radius 3 is 2.76 bits per heavy atom. The summed E-state index contributed by atoms with van der Waals surface area (Å²) in [4.78, 5) is 34.5. The van der Waals surface area contributed by atoms with Crippen LogP contribution in [0.5, 0.6) is 0 Å². The van der Waals surface area contributed by atoms with Crippen molar-refractivity contribution in [1.29, 1.82) is 0 Å². The number of hydrogen-bond acceptors (Lipinski definition) is 5. The van der Waals surface area contributed by atoms with Gasteiger partial charge in [-0.05, 0) is 62.5 Å². The second kappa shape index (κ2) is 5.75. The quantitative estimate of drug-likeness (QED) is 0.735. The fourth-order valence-electron chi connectivity index (χ4n) is 6.57. The third-order valence-corrected chi connectivity index (χ3v) is 7.17. The molecule has 8 nitrogen and oxygen atoms in total. The third-order valence-electron chi connectivity index (χ3n) is 7.17. The van der Waals surface area contributed by atoms with Crippen LogP contribution >= 0.6 is 0 Å². The van der Waals surface area contributed by atoms with Crippen molar-refractivity contribution in [1.82, 2.24) is 29.5 Å². The van der Waals surface area contributed by atoms with E-state index in [1.54, 1.807) is 24.7 Å². The predicted molar refractivity (Wildman–Crippen MR) is 104 cm³/mol. The molecule has 3 aromatic rings. The molecule has 3 aromatic heterocycles. The molecule has 0 saturated heterocycles. The summed E-state index contributed by atoms with van der Waals surface area (Å²) in [5.74, 6) is 0.810. The topological polar surface area (TPSA) is 94.2 Å². The van der Waals surface area contributed by atoms with Crippen LogP contribution in [-0.4, -0.2) is 35.6 Å². The minimum absolute atomic E-state index is 0.0788. The van der Waals surface area contributed by atoms with E-state index in [0.717, 1.165) is 32.1 Å². The SMILES string of the molecule is O=C(NC12CC3CC(C1)CC(n1cncn1)(C3)C2)c1cnc2ccccn2c1=O. The average molecular weight is 390 g/mol. The van der Waals surface area contributed by atoms with E-state index in [2.05, 4.69) is 20.4 Å². The van der Waals surface area contributed by atoms with Crippen LogP contribution in [0.15, 0.2) is 48.0 Å². The lowest BCUT2D eigenvalue weighted by molar-refractivity contribution is -0.0744. The van der Waals surface area contributed by atoms with Crippen LogP contribution in [0.3, 0.4) is 0 Å². The molecule has 4 aliphatic rings. The second-order valence-corrected chi connectivity index (χ2v) is 9.17. The lowest BCUT2D eigenvalue weighted by Crippen LogP contribution is -2.66. The van der Waals surface area contributed by atoms with Crippen molar-refractivity contribution < 1.29 is 4.79 Å². The molecular formula is C21H22N6O2. The van der Waals surface area contributed by atoms with Crippen molar-refractivity contribution in [3.63, 3.8) is 0 Å². The first-order valence-electron chi connectivity index (χ1n) is 10.2. The Bertz CT molecular complexity index is 1150. The van der Waals surface area contributed by atoms with E-state index in [9.17, 15) is 9.59 Å². The highest BCUT2D eigenvalue weighted by Gasteiger charge is 2.59. The van der Waals surface area contributed by atoms with Crippen LogP contribution in [0.2, 0.25) is 0 Å². The molecule has 8 heteroatoms. The van der Waals surface area contributed by atoms with Crippen LogP contribution in [0.4, 0.5) is 0 Å². The second-order valence-electron chi connectivity index (χ2n) is 9.17. The number of rotatable bonds is 3. The van der Waals surface area contributed by atoms with Gasteiger partial charge in [0.2, 0.25) is 0 Å². The molecule has 2 atom stereocenters. The van der Waals surface area contributed by atoms with Gasteiger partial charge >= 0.3 is 0 Å². The van der Waals surface area contributed by atoms with Gasteiger partial charge in [0.25, 0.3) is 11.5 Å². The minimum atomic E-state index is -0.330. The maximum absolute atomic E-state index is 13.2. The number of nitrogens with one attached hydrogen (secondary N) is 1. The zero-order valence-corrected chi connectivity index (χ0v) is 16.0. The Hall–Kier alpha value is -3.03. The minimum Gasteiger partial charge on any atom is -0.346 e. The van der Waals surface area contributed by atoms with Crippen LogP contribution in [0, 0.1) is 11.8 Å². The lowest BCUT2D eigenvalue weighted by Gasteiger charge is -2.61. The number of nitrogens with zero attached hydrogens (tertiary/aromatic N) is 5. The summed E-state index contributed by atoms with van der Waals surface area (Å²) in [6, 6.07) is 5.34. The first kappa shape index (κ1) is 16.9. The standard InChI is InChI=1S/C21H22N6O2/c28-18(16-10-23-17-3-1-2-4-26(17)19(16)29)25-20-6-14-5-15(7-20)9-21(8-14,11-20)27-13-22-12-24-27/h1-4,10,12-15H,5-9,11H2,(H,25,28). The van der Waals surface area contributed by atoms with Gasteiger partial charge in [0.15, 0.2) is 0 Å². The van der Waals surface area contributed by atoms with Gasteiger partial charge < -0.3 is 5.32 Å². The molecule has 4 aliphatic carbocycles. The van der Waals surface area contributed by atoms with Gasteiger partial charge in [-0.25, -0.2) is 14.6 Å². The molecule has 4 bridgehead atoms. The normalized spacial score (nSPS) is 32.6. The van der Waals surface area contributed by atoms with Gasteiger partial charge in [-0.1, -0.05) is 6.07 Å². The fraction of sp³-hybridized carbons (Fsp3) is 0.476. The van der Waals surface area contributed by atoms with Gasteiger partial charge in [-0.3, -0.25) is 14.0 Å². The van der Waals surface area contributed by atoms with Gasteiger partial charge in [-0.2, -0.15) is 5.10 Å². The van der Waals surface area contributed by atoms with Crippen molar-refractivity contribution in [2.45, 2.75) is 49.6 Å². The van der Waals surface area contributed by atoms with Gasteiger partial charge in [-0.15, -0.1) is 0 Å². The Balaban J connectivity index is 1.35. The molecule has 1 N–H and O–H groups in total. The molecule has 148 valence electrons. The first-order valence-corrected chi connectivity index (χ1v) is 10.2. The highest BCUT2D eigenvalue weighted by Crippen LogP contribution is 2.60. The molecule has 7 rings (SSSR count). The van der Waals surface area contributed by atoms with Crippen molar-refractivity contribution in [3.05, 3.63) is 59.2 Å². The van der Waals surface area contributed by atoms with Gasteiger partial charge in [0.1, 0.15) is 23.9 Å². The highest BCUT2D eigenvalue weighted by atomic mass is 16.2. The Kier molecular flexibility index (Phi) is 3.34. The molecular weight excluding hydrogens is 368 g/mol. The monoisotopic (exact) mass is 390 g/mol. The Morgan fingerprint density at radius 2 is 2.00 bits per heavy atom. The van der Waals surface area contributed by atoms with E-state index in [-0.39, 0.29) is 28.1 Å². The molecule has 4 saturated carbocycles. The van der Waals surface area contributed by atoms with E-state index >= 15 is 0 Å². The largest absolute Gasteiger partial charge is 0.346 e. The number of carbonyl (C=O) groups is 1. The molecule has 1 amide bonds. The molecule has 0 spiro atoms.